The molecule has 4 heteroatoms. The van der Waals surface area contributed by atoms with Gasteiger partial charge >= 0.3 is 5.97 Å². The van der Waals surface area contributed by atoms with Crippen LogP contribution in [0, 0.1) is 5.82 Å². The molecule has 1 aromatic carbocycles. The lowest BCUT2D eigenvalue weighted by Gasteiger charge is -2.19. The van der Waals surface area contributed by atoms with Crippen molar-refractivity contribution in [2.45, 2.75) is 39.2 Å². The van der Waals surface area contributed by atoms with Gasteiger partial charge in [0.1, 0.15) is 11.4 Å². The van der Waals surface area contributed by atoms with Crippen LogP contribution in [0.5, 0.6) is 0 Å². The Bertz CT molecular complexity index is 410. The number of carbonyl (C=O) groups excluding carboxylic acids is 1. The minimum absolute atomic E-state index is 0.237. The Morgan fingerprint density at radius 3 is 2.63 bits per heavy atom. The number of hydrogen-bond donors (Lipinski definition) is 0. The van der Waals surface area contributed by atoms with Crippen molar-refractivity contribution in [3.63, 3.8) is 0 Å². The number of rotatable bonds is 6. The normalized spacial score (nSPS) is 11.4. The van der Waals surface area contributed by atoms with Crippen molar-refractivity contribution < 1.29 is 18.7 Å². The highest BCUT2D eigenvalue weighted by Gasteiger charge is 2.15. The van der Waals surface area contributed by atoms with Crippen molar-refractivity contribution in [1.82, 2.24) is 0 Å². The summed E-state index contributed by atoms with van der Waals surface area (Å²) < 4.78 is 23.4. The fraction of sp³-hybridized carbons (Fsp3) is 0.533. The zero-order chi connectivity index (χ0) is 14.3. The van der Waals surface area contributed by atoms with Crippen LogP contribution in [-0.2, 0) is 20.7 Å². The third kappa shape index (κ3) is 7.57. The molecule has 0 aliphatic heterocycles. The topological polar surface area (TPSA) is 35.5 Å². The quantitative estimate of drug-likeness (QED) is 0.587. The smallest absolute Gasteiger partial charge is 0.308 e. The summed E-state index contributed by atoms with van der Waals surface area (Å²) in [6, 6.07) is 6.41. The highest BCUT2D eigenvalue weighted by molar-refractivity contribution is 5.69. The molecule has 0 fully saturated rings. The fourth-order valence-electron chi connectivity index (χ4n) is 1.53. The predicted octanol–water partition coefficient (Wildman–Crippen LogP) is 3.12. The molecule has 0 spiro atoms. The second-order valence-electron chi connectivity index (χ2n) is 5.33. The summed E-state index contributed by atoms with van der Waals surface area (Å²) in [5.41, 5.74) is 0.427. The van der Waals surface area contributed by atoms with E-state index in [0.29, 0.717) is 19.6 Å². The second kappa shape index (κ2) is 7.24. The summed E-state index contributed by atoms with van der Waals surface area (Å²) in [5.74, 6) is -0.510. The van der Waals surface area contributed by atoms with Crippen LogP contribution in [0.3, 0.4) is 0 Å². The Hall–Kier alpha value is -1.42. The molecule has 0 saturated heterocycles. The van der Waals surface area contributed by atoms with E-state index < -0.39 is 5.60 Å². The van der Waals surface area contributed by atoms with Crippen molar-refractivity contribution >= 4 is 5.97 Å². The van der Waals surface area contributed by atoms with Crippen molar-refractivity contribution in [2.75, 3.05) is 13.2 Å². The number of halogens is 1. The minimum atomic E-state index is -0.460. The molecular formula is C15H21FO3. The van der Waals surface area contributed by atoms with Gasteiger partial charge in [0.05, 0.1) is 19.6 Å². The molecule has 0 radical (unpaired) electrons. The minimum Gasteiger partial charge on any atom is -0.460 e. The summed E-state index contributed by atoms with van der Waals surface area (Å²) in [4.78, 5) is 11.4. The third-order valence-electron chi connectivity index (χ3n) is 2.29. The summed E-state index contributed by atoms with van der Waals surface area (Å²) in [6.45, 7) is 6.28. The van der Waals surface area contributed by atoms with Gasteiger partial charge in [0, 0.05) is 0 Å². The predicted molar refractivity (Wildman–Crippen MR) is 71.4 cm³/mol. The lowest BCUT2D eigenvalue weighted by Crippen LogP contribution is -2.24. The molecule has 0 aliphatic carbocycles. The molecule has 0 unspecified atom stereocenters. The van der Waals surface area contributed by atoms with Crippen molar-refractivity contribution in [3.05, 3.63) is 35.6 Å². The van der Waals surface area contributed by atoms with E-state index in [1.165, 1.54) is 12.1 Å². The molecule has 1 aromatic rings. The largest absolute Gasteiger partial charge is 0.460 e. The van der Waals surface area contributed by atoms with Gasteiger partial charge in [-0.05, 0) is 44.9 Å². The van der Waals surface area contributed by atoms with Gasteiger partial charge in [0.25, 0.3) is 0 Å². The Morgan fingerprint density at radius 2 is 2.00 bits per heavy atom. The van der Waals surface area contributed by atoms with Gasteiger partial charge < -0.3 is 9.47 Å². The maximum atomic E-state index is 12.9. The van der Waals surface area contributed by atoms with E-state index in [1.54, 1.807) is 6.07 Å². The molecule has 1 rings (SSSR count). The molecule has 0 aliphatic rings. The van der Waals surface area contributed by atoms with Gasteiger partial charge in [-0.15, -0.1) is 0 Å². The van der Waals surface area contributed by atoms with Gasteiger partial charge in [0.2, 0.25) is 0 Å². The summed E-state index contributed by atoms with van der Waals surface area (Å²) in [6.07, 6.45) is 0.868. The molecule has 19 heavy (non-hydrogen) atoms. The SMILES string of the molecule is CC(C)(C)OC(=O)CCOCCc1cccc(F)c1. The first kappa shape index (κ1) is 15.6. The Labute approximate surface area is 113 Å². The molecule has 0 saturated carbocycles. The monoisotopic (exact) mass is 268 g/mol. The first-order chi connectivity index (χ1) is 8.87. The standard InChI is InChI=1S/C15H21FO3/c1-15(2,3)19-14(17)8-10-18-9-7-12-5-4-6-13(16)11-12/h4-6,11H,7-10H2,1-3H3. The second-order valence-corrected chi connectivity index (χ2v) is 5.33. The molecule has 0 atom stereocenters. The van der Waals surface area contributed by atoms with E-state index in [1.807, 2.05) is 26.8 Å². The maximum absolute atomic E-state index is 12.9. The zero-order valence-corrected chi connectivity index (χ0v) is 11.7. The van der Waals surface area contributed by atoms with Gasteiger partial charge in [-0.2, -0.15) is 0 Å². The maximum Gasteiger partial charge on any atom is 0.308 e. The number of esters is 1. The lowest BCUT2D eigenvalue weighted by atomic mass is 10.1. The average Bonchev–Trinajstić information content (AvgIpc) is 2.26. The van der Waals surface area contributed by atoms with Crippen molar-refractivity contribution in [2.24, 2.45) is 0 Å². The highest BCUT2D eigenvalue weighted by atomic mass is 19.1. The number of carbonyl (C=O) groups is 1. The molecular weight excluding hydrogens is 247 g/mol. The van der Waals surface area contributed by atoms with Gasteiger partial charge in [-0.1, -0.05) is 12.1 Å². The van der Waals surface area contributed by atoms with Crippen LogP contribution < -0.4 is 0 Å². The third-order valence-corrected chi connectivity index (χ3v) is 2.29. The van der Waals surface area contributed by atoms with E-state index in [0.717, 1.165) is 5.56 Å². The first-order valence-corrected chi connectivity index (χ1v) is 6.41. The molecule has 0 bridgehead atoms. The van der Waals surface area contributed by atoms with Crippen LogP contribution in [0.1, 0.15) is 32.8 Å². The molecule has 0 amide bonds. The van der Waals surface area contributed by atoms with Crippen LogP contribution in [0.2, 0.25) is 0 Å². The van der Waals surface area contributed by atoms with Crippen LogP contribution in [-0.4, -0.2) is 24.8 Å². The summed E-state index contributed by atoms with van der Waals surface area (Å²) in [7, 11) is 0. The Balaban J connectivity index is 2.13. The van der Waals surface area contributed by atoms with Gasteiger partial charge in [-0.25, -0.2) is 4.39 Å². The van der Waals surface area contributed by atoms with Gasteiger partial charge in [-0.3, -0.25) is 4.79 Å². The highest BCUT2D eigenvalue weighted by Crippen LogP contribution is 2.08. The number of ether oxygens (including phenoxy) is 2. The molecule has 3 nitrogen and oxygen atoms in total. The van der Waals surface area contributed by atoms with E-state index in [9.17, 15) is 9.18 Å². The van der Waals surface area contributed by atoms with Crippen LogP contribution >= 0.6 is 0 Å². The van der Waals surface area contributed by atoms with Crippen LogP contribution in [0.25, 0.3) is 0 Å². The first-order valence-electron chi connectivity index (χ1n) is 6.41. The molecule has 106 valence electrons. The van der Waals surface area contributed by atoms with Crippen LogP contribution in [0.4, 0.5) is 4.39 Å². The zero-order valence-electron chi connectivity index (χ0n) is 11.7. The lowest BCUT2D eigenvalue weighted by molar-refractivity contribution is -0.156. The fourth-order valence-corrected chi connectivity index (χ4v) is 1.53. The van der Waals surface area contributed by atoms with Crippen molar-refractivity contribution in [3.8, 4) is 0 Å². The van der Waals surface area contributed by atoms with Gasteiger partial charge in [0.15, 0.2) is 0 Å². The summed E-state index contributed by atoms with van der Waals surface area (Å²) >= 11 is 0. The van der Waals surface area contributed by atoms with Crippen molar-refractivity contribution in [1.29, 1.82) is 0 Å². The Morgan fingerprint density at radius 1 is 1.26 bits per heavy atom. The van der Waals surface area contributed by atoms with E-state index in [4.69, 9.17) is 9.47 Å². The molecule has 0 aromatic heterocycles. The van der Waals surface area contributed by atoms with E-state index in [2.05, 4.69) is 0 Å². The molecule has 0 N–H and O–H groups in total. The molecule has 0 heterocycles. The number of hydrogen-bond acceptors (Lipinski definition) is 3. The van der Waals surface area contributed by atoms with E-state index in [-0.39, 0.29) is 18.2 Å². The average molecular weight is 268 g/mol. The Kier molecular flexibility index (Phi) is 5.96. The van der Waals surface area contributed by atoms with E-state index >= 15 is 0 Å². The van der Waals surface area contributed by atoms with Crippen LogP contribution in [0.15, 0.2) is 24.3 Å². The number of benzene rings is 1. The summed E-state index contributed by atoms with van der Waals surface area (Å²) in [5, 5.41) is 0.